The van der Waals surface area contributed by atoms with Crippen molar-refractivity contribution in [3.63, 3.8) is 0 Å². The molecule has 0 amide bonds. The monoisotopic (exact) mass is 147 g/mol. The van der Waals surface area contributed by atoms with Crippen LogP contribution in [0, 0.1) is 0 Å². The molecule has 4 heteroatoms. The van der Waals surface area contributed by atoms with Crippen molar-refractivity contribution in [2.24, 2.45) is 0 Å². The fourth-order valence-electron chi connectivity index (χ4n) is 0.367. The molecule has 0 unspecified atom stereocenters. The topological polar surface area (TPSA) is 32.9 Å². The smallest absolute Gasteiger partial charge is 0.259 e. The quantitative estimate of drug-likeness (QED) is 0.605. The maximum atomic E-state index is 10.4. The van der Waals surface area contributed by atoms with Crippen LogP contribution in [0.5, 0.6) is 0 Å². The lowest BCUT2D eigenvalue weighted by molar-refractivity contribution is 1.42. The summed E-state index contributed by atoms with van der Waals surface area (Å²) in [6.07, 6.45) is 1.94. The van der Waals surface area contributed by atoms with Gasteiger partial charge in [-0.2, -0.15) is 0 Å². The molecule has 1 N–H and O–H groups in total. The summed E-state index contributed by atoms with van der Waals surface area (Å²) in [5, 5.41) is 0. The molecule has 0 spiro atoms. The maximum absolute atomic E-state index is 10.4. The normalized spacial score (nSPS) is 9.62. The molecule has 0 bridgehead atoms. The van der Waals surface area contributed by atoms with Crippen molar-refractivity contribution in [2.45, 2.75) is 4.21 Å². The predicted octanol–water partition coefficient (Wildman–Crippen LogP) is 1.16. The van der Waals surface area contributed by atoms with Crippen LogP contribution < -0.4 is 5.56 Å². The van der Waals surface area contributed by atoms with Crippen LogP contribution >= 0.6 is 23.3 Å². The minimum Gasteiger partial charge on any atom is -0.277 e. The number of aromatic amines is 1. The Morgan fingerprint density at radius 2 is 2.62 bits per heavy atom. The molecule has 0 aliphatic heterocycles. The first-order valence-corrected chi connectivity index (χ1v) is 4.09. The summed E-state index contributed by atoms with van der Waals surface area (Å²) in [7, 11) is 0. The second-order valence-electron chi connectivity index (χ2n) is 1.24. The molecule has 2 nitrogen and oxygen atoms in total. The summed E-state index contributed by atoms with van der Waals surface area (Å²) in [4.78, 5) is 10.4. The van der Waals surface area contributed by atoms with Crippen molar-refractivity contribution in [3.8, 4) is 0 Å². The molecular weight excluding hydrogens is 142 g/mol. The van der Waals surface area contributed by atoms with E-state index < -0.39 is 0 Å². The summed E-state index contributed by atoms with van der Waals surface area (Å²) in [5.74, 6) is 0. The average Bonchev–Trinajstić information content (AvgIpc) is 2.14. The highest BCUT2D eigenvalue weighted by atomic mass is 32.2. The summed E-state index contributed by atoms with van der Waals surface area (Å²) in [6.45, 7) is 0. The molecule has 0 fully saturated rings. The Labute approximate surface area is 55.1 Å². The highest BCUT2D eigenvalue weighted by Crippen LogP contribution is 2.14. The second-order valence-corrected chi connectivity index (χ2v) is 3.19. The lowest BCUT2D eigenvalue weighted by Crippen LogP contribution is -1.91. The van der Waals surface area contributed by atoms with Crippen LogP contribution in [0.3, 0.4) is 0 Å². The molecule has 0 atom stereocenters. The number of hydrogen-bond donors (Lipinski definition) is 1. The van der Waals surface area contributed by atoms with E-state index in [-0.39, 0.29) is 5.56 Å². The second kappa shape index (κ2) is 2.37. The molecule has 1 heterocycles. The van der Waals surface area contributed by atoms with Crippen LogP contribution in [0.25, 0.3) is 0 Å². The van der Waals surface area contributed by atoms with E-state index in [4.69, 9.17) is 0 Å². The van der Waals surface area contributed by atoms with Gasteiger partial charge in [0.1, 0.15) is 0 Å². The first-order valence-electron chi connectivity index (χ1n) is 2.05. The lowest BCUT2D eigenvalue weighted by atomic mass is 10.8. The third-order valence-electron chi connectivity index (χ3n) is 0.702. The van der Waals surface area contributed by atoms with Gasteiger partial charge in [-0.05, 0) is 6.26 Å². The average molecular weight is 147 g/mol. The van der Waals surface area contributed by atoms with Crippen LogP contribution in [0.1, 0.15) is 0 Å². The predicted molar refractivity (Wildman–Crippen MR) is 36.7 cm³/mol. The number of aromatic nitrogens is 1. The van der Waals surface area contributed by atoms with Gasteiger partial charge in [-0.1, -0.05) is 11.5 Å². The van der Waals surface area contributed by atoms with Gasteiger partial charge in [-0.25, -0.2) is 0 Å². The lowest BCUT2D eigenvalue weighted by Gasteiger charge is -1.76. The molecule has 0 radical (unpaired) electrons. The van der Waals surface area contributed by atoms with Crippen molar-refractivity contribution >= 4 is 23.3 Å². The molecule has 1 aromatic rings. The minimum absolute atomic E-state index is 0.000602. The van der Waals surface area contributed by atoms with E-state index in [0.29, 0.717) is 0 Å². The largest absolute Gasteiger partial charge is 0.277 e. The van der Waals surface area contributed by atoms with Crippen LogP contribution in [0.4, 0.5) is 0 Å². The Morgan fingerprint density at radius 1 is 1.88 bits per heavy atom. The minimum atomic E-state index is -0.000602. The third kappa shape index (κ3) is 1.14. The molecule has 0 saturated carbocycles. The zero-order valence-corrected chi connectivity index (χ0v) is 5.94. The van der Waals surface area contributed by atoms with Crippen LogP contribution in [0.2, 0.25) is 0 Å². The van der Waals surface area contributed by atoms with E-state index >= 15 is 0 Å². The van der Waals surface area contributed by atoms with Gasteiger partial charge in [-0.15, -0.1) is 11.8 Å². The summed E-state index contributed by atoms with van der Waals surface area (Å²) >= 11 is 2.95. The van der Waals surface area contributed by atoms with E-state index in [1.807, 2.05) is 6.26 Å². The van der Waals surface area contributed by atoms with Crippen LogP contribution in [0.15, 0.2) is 15.1 Å². The van der Waals surface area contributed by atoms with E-state index in [0.717, 1.165) is 4.21 Å². The van der Waals surface area contributed by atoms with Crippen molar-refractivity contribution in [1.29, 1.82) is 0 Å². The molecule has 1 aromatic heterocycles. The highest BCUT2D eigenvalue weighted by Gasteiger charge is 1.90. The van der Waals surface area contributed by atoms with Gasteiger partial charge < -0.3 is 0 Å². The number of nitrogens with one attached hydrogen (secondary N) is 1. The van der Waals surface area contributed by atoms with E-state index in [2.05, 4.69) is 4.37 Å². The van der Waals surface area contributed by atoms with Crippen molar-refractivity contribution < 1.29 is 0 Å². The zero-order valence-electron chi connectivity index (χ0n) is 4.30. The van der Waals surface area contributed by atoms with Gasteiger partial charge in [0, 0.05) is 6.07 Å². The van der Waals surface area contributed by atoms with Gasteiger partial charge in [0.25, 0.3) is 5.56 Å². The van der Waals surface area contributed by atoms with Gasteiger partial charge in [0.2, 0.25) is 0 Å². The molecule has 0 aromatic carbocycles. The first kappa shape index (κ1) is 5.91. The Balaban J connectivity index is 3.01. The first-order chi connectivity index (χ1) is 3.83. The summed E-state index contributed by atoms with van der Waals surface area (Å²) in [5.41, 5.74) is -0.000602. The SMILES string of the molecule is CSc1cc(=O)[nH]s1. The standard InChI is InChI=1S/C4H5NOS2/c1-7-4-2-3(6)5-8-4/h2H,1H3,(H,5,6). The molecule has 0 saturated heterocycles. The van der Waals surface area contributed by atoms with E-state index in [1.54, 1.807) is 17.8 Å². The van der Waals surface area contributed by atoms with Crippen molar-refractivity contribution in [2.75, 3.05) is 6.26 Å². The number of hydrogen-bond acceptors (Lipinski definition) is 3. The van der Waals surface area contributed by atoms with Crippen LogP contribution in [-0.4, -0.2) is 10.6 Å². The molecular formula is C4H5NOS2. The zero-order chi connectivity index (χ0) is 5.98. The van der Waals surface area contributed by atoms with Gasteiger partial charge in [0.15, 0.2) is 0 Å². The van der Waals surface area contributed by atoms with E-state index in [9.17, 15) is 4.79 Å². The number of rotatable bonds is 1. The fourth-order valence-corrected chi connectivity index (χ4v) is 1.48. The third-order valence-corrected chi connectivity index (χ3v) is 2.59. The van der Waals surface area contributed by atoms with Gasteiger partial charge in [0.05, 0.1) is 4.21 Å². The Kier molecular flexibility index (Phi) is 1.75. The Bertz CT molecular complexity index is 214. The van der Waals surface area contributed by atoms with Crippen LogP contribution in [-0.2, 0) is 0 Å². The molecule has 44 valence electrons. The Morgan fingerprint density at radius 3 is 2.88 bits per heavy atom. The summed E-state index contributed by atoms with van der Waals surface area (Å²) < 4.78 is 3.62. The van der Waals surface area contributed by atoms with Crippen molar-refractivity contribution in [1.82, 2.24) is 4.37 Å². The molecule has 0 aliphatic carbocycles. The fraction of sp³-hybridized carbons (Fsp3) is 0.250. The summed E-state index contributed by atoms with van der Waals surface area (Å²) in [6, 6.07) is 1.59. The number of thioether (sulfide) groups is 1. The van der Waals surface area contributed by atoms with Gasteiger partial charge >= 0.3 is 0 Å². The Hall–Kier alpha value is -0.220. The molecule has 1 rings (SSSR count). The highest BCUT2D eigenvalue weighted by molar-refractivity contribution is 8.00. The molecule has 8 heavy (non-hydrogen) atoms. The molecule has 0 aliphatic rings. The van der Waals surface area contributed by atoms with Crippen molar-refractivity contribution in [3.05, 3.63) is 16.4 Å². The van der Waals surface area contributed by atoms with E-state index in [1.165, 1.54) is 11.5 Å². The number of H-pyrrole nitrogens is 1. The maximum Gasteiger partial charge on any atom is 0.259 e. The van der Waals surface area contributed by atoms with Gasteiger partial charge in [-0.3, -0.25) is 9.17 Å².